The number of amides is 2. The lowest BCUT2D eigenvalue weighted by Gasteiger charge is -2.09. The number of carbonyl (C=O) groups is 2. The second-order valence-electron chi connectivity index (χ2n) is 5.69. The predicted molar refractivity (Wildman–Crippen MR) is 101 cm³/mol. The molecule has 136 valence electrons. The SMILES string of the molecule is O=C(COc1ccc(NC(=O)c2ccccc2)cc1)Nc1ccc(F)cc1. The van der Waals surface area contributed by atoms with Gasteiger partial charge in [-0.25, -0.2) is 4.39 Å². The zero-order valence-corrected chi connectivity index (χ0v) is 14.3. The molecule has 0 unspecified atom stereocenters. The minimum Gasteiger partial charge on any atom is -0.484 e. The number of hydrogen-bond donors (Lipinski definition) is 2. The fourth-order valence-electron chi connectivity index (χ4n) is 2.31. The van der Waals surface area contributed by atoms with Gasteiger partial charge in [0.05, 0.1) is 0 Å². The van der Waals surface area contributed by atoms with Gasteiger partial charge in [-0.2, -0.15) is 0 Å². The molecule has 0 aromatic heterocycles. The monoisotopic (exact) mass is 364 g/mol. The van der Waals surface area contributed by atoms with Crippen LogP contribution < -0.4 is 15.4 Å². The molecule has 0 saturated carbocycles. The maximum Gasteiger partial charge on any atom is 0.262 e. The normalized spacial score (nSPS) is 10.1. The fraction of sp³-hybridized carbons (Fsp3) is 0.0476. The van der Waals surface area contributed by atoms with Crippen LogP contribution in [0, 0.1) is 5.82 Å². The van der Waals surface area contributed by atoms with Gasteiger partial charge in [-0.15, -0.1) is 0 Å². The van der Waals surface area contributed by atoms with Crippen molar-refractivity contribution in [3.63, 3.8) is 0 Å². The highest BCUT2D eigenvalue weighted by atomic mass is 19.1. The van der Waals surface area contributed by atoms with Gasteiger partial charge in [-0.3, -0.25) is 9.59 Å². The van der Waals surface area contributed by atoms with E-state index in [1.54, 1.807) is 48.5 Å². The molecule has 3 aromatic carbocycles. The van der Waals surface area contributed by atoms with Gasteiger partial charge in [0.15, 0.2) is 6.61 Å². The lowest BCUT2D eigenvalue weighted by atomic mass is 10.2. The number of halogens is 1. The van der Waals surface area contributed by atoms with Gasteiger partial charge in [0.1, 0.15) is 11.6 Å². The van der Waals surface area contributed by atoms with E-state index in [9.17, 15) is 14.0 Å². The quantitative estimate of drug-likeness (QED) is 0.692. The van der Waals surface area contributed by atoms with Crippen LogP contribution in [0.1, 0.15) is 10.4 Å². The van der Waals surface area contributed by atoms with Gasteiger partial charge < -0.3 is 15.4 Å². The number of hydrogen-bond acceptors (Lipinski definition) is 3. The van der Waals surface area contributed by atoms with Crippen molar-refractivity contribution in [2.75, 3.05) is 17.2 Å². The molecule has 0 heterocycles. The Balaban J connectivity index is 1.49. The predicted octanol–water partition coefficient (Wildman–Crippen LogP) is 4.10. The molecular weight excluding hydrogens is 347 g/mol. The minimum atomic E-state index is -0.372. The summed E-state index contributed by atoms with van der Waals surface area (Å²) in [4.78, 5) is 23.9. The Morgan fingerprint density at radius 1 is 0.778 bits per heavy atom. The molecule has 0 aliphatic carbocycles. The first-order valence-corrected chi connectivity index (χ1v) is 8.25. The summed E-state index contributed by atoms with van der Waals surface area (Å²) in [6, 6.07) is 21.0. The molecule has 0 atom stereocenters. The number of carbonyl (C=O) groups excluding carboxylic acids is 2. The molecule has 0 fully saturated rings. The third kappa shape index (κ3) is 5.40. The first-order chi connectivity index (χ1) is 13.1. The zero-order valence-electron chi connectivity index (χ0n) is 14.3. The minimum absolute atomic E-state index is 0.187. The van der Waals surface area contributed by atoms with Crippen LogP contribution in [0.15, 0.2) is 78.9 Å². The Labute approximate surface area is 155 Å². The van der Waals surface area contributed by atoms with Gasteiger partial charge in [0.25, 0.3) is 11.8 Å². The Morgan fingerprint density at radius 2 is 1.37 bits per heavy atom. The average Bonchev–Trinajstić information content (AvgIpc) is 2.70. The van der Waals surface area contributed by atoms with Crippen LogP contribution in [-0.4, -0.2) is 18.4 Å². The van der Waals surface area contributed by atoms with Gasteiger partial charge in [0.2, 0.25) is 0 Å². The highest BCUT2D eigenvalue weighted by molar-refractivity contribution is 6.04. The Morgan fingerprint density at radius 3 is 2.04 bits per heavy atom. The summed E-state index contributed by atoms with van der Waals surface area (Å²) in [7, 11) is 0. The van der Waals surface area contributed by atoms with E-state index in [2.05, 4.69) is 10.6 Å². The zero-order chi connectivity index (χ0) is 19.1. The number of rotatable bonds is 6. The molecule has 3 rings (SSSR count). The largest absolute Gasteiger partial charge is 0.484 e. The standard InChI is InChI=1S/C21H17FN2O3/c22-16-6-8-17(9-7-16)23-20(25)14-27-19-12-10-18(11-13-19)24-21(26)15-4-2-1-3-5-15/h1-13H,14H2,(H,23,25)(H,24,26). The summed E-state index contributed by atoms with van der Waals surface area (Å²) in [6.45, 7) is -0.187. The van der Waals surface area contributed by atoms with Crippen LogP contribution in [-0.2, 0) is 4.79 Å². The molecule has 27 heavy (non-hydrogen) atoms. The van der Waals surface area contributed by atoms with Crippen molar-refractivity contribution in [2.24, 2.45) is 0 Å². The number of ether oxygens (including phenoxy) is 1. The molecule has 6 heteroatoms. The summed E-state index contributed by atoms with van der Waals surface area (Å²) in [6.07, 6.45) is 0. The van der Waals surface area contributed by atoms with Crippen molar-refractivity contribution in [3.05, 3.63) is 90.2 Å². The lowest BCUT2D eigenvalue weighted by molar-refractivity contribution is -0.118. The molecule has 0 spiro atoms. The molecule has 0 aliphatic rings. The Bertz CT molecular complexity index is 910. The van der Waals surface area contributed by atoms with Crippen molar-refractivity contribution >= 4 is 23.2 Å². The van der Waals surface area contributed by atoms with Crippen molar-refractivity contribution in [3.8, 4) is 5.75 Å². The van der Waals surface area contributed by atoms with Gasteiger partial charge in [-0.1, -0.05) is 18.2 Å². The first kappa shape index (κ1) is 18.1. The van der Waals surface area contributed by atoms with E-state index in [4.69, 9.17) is 4.74 Å². The number of anilines is 2. The van der Waals surface area contributed by atoms with E-state index in [0.717, 1.165) is 0 Å². The molecule has 2 N–H and O–H groups in total. The topological polar surface area (TPSA) is 67.4 Å². The van der Waals surface area contributed by atoms with Crippen molar-refractivity contribution in [1.82, 2.24) is 0 Å². The molecule has 0 radical (unpaired) electrons. The molecule has 0 aliphatic heterocycles. The maximum absolute atomic E-state index is 12.8. The molecule has 5 nitrogen and oxygen atoms in total. The first-order valence-electron chi connectivity index (χ1n) is 8.25. The molecule has 2 amide bonds. The number of nitrogens with one attached hydrogen (secondary N) is 2. The Hall–Kier alpha value is -3.67. The highest BCUT2D eigenvalue weighted by Gasteiger charge is 2.06. The van der Waals surface area contributed by atoms with Crippen LogP contribution in [0.4, 0.5) is 15.8 Å². The maximum atomic E-state index is 12.8. The van der Waals surface area contributed by atoms with Gasteiger partial charge in [0, 0.05) is 16.9 Å². The van der Waals surface area contributed by atoms with Crippen molar-refractivity contribution < 1.29 is 18.7 Å². The van der Waals surface area contributed by atoms with Crippen molar-refractivity contribution in [2.45, 2.75) is 0 Å². The van der Waals surface area contributed by atoms with Crippen LogP contribution >= 0.6 is 0 Å². The van der Waals surface area contributed by atoms with Crippen LogP contribution in [0.5, 0.6) is 5.75 Å². The summed E-state index contributed by atoms with van der Waals surface area (Å²) < 4.78 is 18.2. The van der Waals surface area contributed by atoms with Gasteiger partial charge in [-0.05, 0) is 60.7 Å². The highest BCUT2D eigenvalue weighted by Crippen LogP contribution is 2.17. The van der Waals surface area contributed by atoms with Crippen LogP contribution in [0.3, 0.4) is 0 Å². The molecule has 0 saturated heterocycles. The smallest absolute Gasteiger partial charge is 0.262 e. The molecule has 0 bridgehead atoms. The number of benzene rings is 3. The summed E-state index contributed by atoms with van der Waals surface area (Å²) in [5, 5.41) is 5.39. The van der Waals surface area contributed by atoms with Crippen LogP contribution in [0.2, 0.25) is 0 Å². The lowest BCUT2D eigenvalue weighted by Crippen LogP contribution is -2.20. The molecule has 3 aromatic rings. The fourth-order valence-corrected chi connectivity index (χ4v) is 2.31. The summed E-state index contributed by atoms with van der Waals surface area (Å²) >= 11 is 0. The molecular formula is C21H17FN2O3. The van der Waals surface area contributed by atoms with E-state index >= 15 is 0 Å². The van der Waals surface area contributed by atoms with Crippen molar-refractivity contribution in [1.29, 1.82) is 0 Å². The van der Waals surface area contributed by atoms with E-state index in [1.807, 2.05) is 6.07 Å². The second-order valence-corrected chi connectivity index (χ2v) is 5.69. The average molecular weight is 364 g/mol. The van der Waals surface area contributed by atoms with E-state index in [-0.39, 0.29) is 24.2 Å². The van der Waals surface area contributed by atoms with E-state index in [0.29, 0.717) is 22.7 Å². The van der Waals surface area contributed by atoms with E-state index < -0.39 is 0 Å². The van der Waals surface area contributed by atoms with E-state index in [1.165, 1.54) is 24.3 Å². The third-order valence-corrected chi connectivity index (χ3v) is 3.65. The van der Waals surface area contributed by atoms with Crippen LogP contribution in [0.25, 0.3) is 0 Å². The summed E-state index contributed by atoms with van der Waals surface area (Å²) in [5.41, 5.74) is 1.67. The Kier molecular flexibility index (Phi) is 5.79. The van der Waals surface area contributed by atoms with Gasteiger partial charge >= 0.3 is 0 Å². The second kappa shape index (κ2) is 8.62. The third-order valence-electron chi connectivity index (χ3n) is 3.65. The summed E-state index contributed by atoms with van der Waals surface area (Å²) in [5.74, 6) is -0.448.